The number of fused-ring (bicyclic) bond motifs is 14. The van der Waals surface area contributed by atoms with Crippen LogP contribution in [0.3, 0.4) is 0 Å². The molecule has 3 heteroatoms. The number of hydrogen-bond acceptors (Lipinski definition) is 1. The Morgan fingerprint density at radius 3 is 1.93 bits per heavy atom. The molecule has 3 aromatic heterocycles. The van der Waals surface area contributed by atoms with E-state index in [4.69, 9.17) is 4.42 Å². The molecule has 1 aliphatic rings. The van der Waals surface area contributed by atoms with Crippen LogP contribution in [0.15, 0.2) is 186 Å². The summed E-state index contributed by atoms with van der Waals surface area (Å²) in [4.78, 5) is 0. The third-order valence-corrected chi connectivity index (χ3v) is 12.0. The van der Waals surface area contributed by atoms with E-state index in [1.165, 1.54) is 82.2 Å². The first-order chi connectivity index (χ1) is 27.3. The maximum absolute atomic E-state index is 6.51. The third-order valence-electron chi connectivity index (χ3n) is 12.0. The summed E-state index contributed by atoms with van der Waals surface area (Å²) in [5, 5.41) is 9.82. The lowest BCUT2D eigenvalue weighted by Crippen LogP contribution is -1.96. The lowest BCUT2D eigenvalue weighted by molar-refractivity contribution is 0.669. The van der Waals surface area contributed by atoms with E-state index < -0.39 is 0 Å². The molecule has 55 heavy (non-hydrogen) atoms. The van der Waals surface area contributed by atoms with Crippen LogP contribution in [0.2, 0.25) is 0 Å². The average Bonchev–Trinajstić information content (AvgIpc) is 3.98. The standard InChI is InChI=1S/C52H30N2O/c1-2-11-31(12-3-1)33-15-8-16-34(29-33)53-43-21-6-4-17-39(43)50-45(53)26-25-41-49-44(27-28-47-51(49)40-18-5-7-22-46(40)55-47)54(52(41)50)35-23-24-36-37-19-9-13-32-14-10-20-38(48(32)37)42(36)30-35/h1-30H. The van der Waals surface area contributed by atoms with Crippen LogP contribution in [0, 0.1) is 0 Å². The van der Waals surface area contributed by atoms with Crippen molar-refractivity contribution in [3.05, 3.63) is 182 Å². The molecule has 0 unspecified atom stereocenters. The van der Waals surface area contributed by atoms with Gasteiger partial charge in [0.15, 0.2) is 0 Å². The molecule has 0 radical (unpaired) electrons. The van der Waals surface area contributed by atoms with Gasteiger partial charge in [0.05, 0.1) is 22.1 Å². The number of aromatic nitrogens is 2. The smallest absolute Gasteiger partial charge is 0.136 e. The van der Waals surface area contributed by atoms with Crippen LogP contribution in [0.5, 0.6) is 0 Å². The van der Waals surface area contributed by atoms with E-state index in [2.05, 4.69) is 191 Å². The van der Waals surface area contributed by atoms with Gasteiger partial charge < -0.3 is 13.6 Å². The molecule has 0 N–H and O–H groups in total. The Balaban J connectivity index is 1.19. The summed E-state index contributed by atoms with van der Waals surface area (Å²) in [5.74, 6) is 0. The monoisotopic (exact) mass is 698 g/mol. The van der Waals surface area contributed by atoms with Crippen molar-refractivity contribution in [1.82, 2.24) is 9.13 Å². The maximum atomic E-state index is 6.51. The molecule has 0 aliphatic heterocycles. The summed E-state index contributed by atoms with van der Waals surface area (Å²) >= 11 is 0. The zero-order chi connectivity index (χ0) is 35.8. The van der Waals surface area contributed by atoms with Crippen molar-refractivity contribution in [2.45, 2.75) is 0 Å². The van der Waals surface area contributed by atoms with Crippen molar-refractivity contribution in [1.29, 1.82) is 0 Å². The second kappa shape index (κ2) is 10.6. The number of nitrogens with zero attached hydrogens (tertiary/aromatic N) is 2. The van der Waals surface area contributed by atoms with Crippen molar-refractivity contribution in [3.8, 4) is 44.8 Å². The molecule has 0 spiro atoms. The molecule has 1 aliphatic carbocycles. The molecule has 0 bridgehead atoms. The first kappa shape index (κ1) is 29.1. The largest absolute Gasteiger partial charge is 0.456 e. The van der Waals surface area contributed by atoms with E-state index in [1.54, 1.807) is 0 Å². The van der Waals surface area contributed by atoms with Gasteiger partial charge in [-0.3, -0.25) is 0 Å². The van der Waals surface area contributed by atoms with Crippen LogP contribution in [0.4, 0.5) is 0 Å². The van der Waals surface area contributed by atoms with E-state index >= 15 is 0 Å². The van der Waals surface area contributed by atoms with Gasteiger partial charge in [0.2, 0.25) is 0 Å². The molecule has 0 saturated carbocycles. The Morgan fingerprint density at radius 2 is 1.04 bits per heavy atom. The van der Waals surface area contributed by atoms with Crippen molar-refractivity contribution in [2.75, 3.05) is 0 Å². The molecule has 0 saturated heterocycles. The number of para-hydroxylation sites is 2. The first-order valence-electron chi connectivity index (χ1n) is 18.9. The molecule has 3 heterocycles. The zero-order valence-corrected chi connectivity index (χ0v) is 29.6. The minimum atomic E-state index is 0.907. The van der Waals surface area contributed by atoms with Gasteiger partial charge in [0.1, 0.15) is 11.2 Å². The summed E-state index contributed by atoms with van der Waals surface area (Å²) < 4.78 is 11.5. The van der Waals surface area contributed by atoms with E-state index in [0.717, 1.165) is 38.8 Å². The van der Waals surface area contributed by atoms with E-state index in [0.29, 0.717) is 0 Å². The number of furan rings is 1. The lowest BCUT2D eigenvalue weighted by Gasteiger charge is -2.13. The summed E-state index contributed by atoms with van der Waals surface area (Å²) in [7, 11) is 0. The highest BCUT2D eigenvalue weighted by molar-refractivity contribution is 6.33. The fourth-order valence-corrected chi connectivity index (χ4v) is 9.78. The fraction of sp³-hybridized carbons (Fsp3) is 0. The predicted molar refractivity (Wildman–Crippen MR) is 230 cm³/mol. The number of benzene rings is 9. The molecule has 12 aromatic rings. The molecule has 0 fully saturated rings. The maximum Gasteiger partial charge on any atom is 0.136 e. The van der Waals surface area contributed by atoms with Gasteiger partial charge in [-0.05, 0) is 98.8 Å². The SMILES string of the molecule is c1ccc(-c2cccc(-n3c4ccccc4c4c3ccc3c5c6c(ccc5n(-c5ccc7c(c5)-c5cccc8cccc-7c58)c34)oc3ccccc36)c2)cc1. The minimum absolute atomic E-state index is 0.907. The molecule has 13 rings (SSSR count). The van der Waals surface area contributed by atoms with Gasteiger partial charge in [0, 0.05) is 43.7 Å². The van der Waals surface area contributed by atoms with E-state index in [1.807, 2.05) is 0 Å². The highest BCUT2D eigenvalue weighted by Crippen LogP contribution is 2.50. The normalized spacial score (nSPS) is 12.4. The Hall–Kier alpha value is -7.36. The zero-order valence-electron chi connectivity index (χ0n) is 29.6. The lowest BCUT2D eigenvalue weighted by atomic mass is 10.0. The van der Waals surface area contributed by atoms with Gasteiger partial charge in [-0.25, -0.2) is 0 Å². The van der Waals surface area contributed by atoms with Gasteiger partial charge >= 0.3 is 0 Å². The molecule has 9 aromatic carbocycles. The average molecular weight is 699 g/mol. The second-order valence-electron chi connectivity index (χ2n) is 14.8. The minimum Gasteiger partial charge on any atom is -0.456 e. The Morgan fingerprint density at radius 1 is 0.327 bits per heavy atom. The molecule has 3 nitrogen and oxygen atoms in total. The van der Waals surface area contributed by atoms with Gasteiger partial charge in [-0.1, -0.05) is 127 Å². The van der Waals surface area contributed by atoms with Crippen LogP contribution >= 0.6 is 0 Å². The van der Waals surface area contributed by atoms with Crippen LogP contribution in [-0.2, 0) is 0 Å². The van der Waals surface area contributed by atoms with Crippen molar-refractivity contribution >= 4 is 76.3 Å². The summed E-state index contributed by atoms with van der Waals surface area (Å²) in [6.45, 7) is 0. The van der Waals surface area contributed by atoms with Gasteiger partial charge in [-0.2, -0.15) is 0 Å². The highest BCUT2D eigenvalue weighted by Gasteiger charge is 2.26. The molecule has 0 amide bonds. The quantitative estimate of drug-likeness (QED) is 0.180. The fourth-order valence-electron chi connectivity index (χ4n) is 9.78. The summed E-state index contributed by atoms with van der Waals surface area (Å²) in [5.41, 5.74) is 16.4. The van der Waals surface area contributed by atoms with Crippen LogP contribution in [0.25, 0.3) is 121 Å². The number of rotatable bonds is 3. The predicted octanol–water partition coefficient (Wildman–Crippen LogP) is 14.2. The van der Waals surface area contributed by atoms with Crippen molar-refractivity contribution in [3.63, 3.8) is 0 Å². The topological polar surface area (TPSA) is 23.0 Å². The molecule has 254 valence electrons. The Bertz CT molecular complexity index is 3590. The Kier molecular flexibility index (Phi) is 5.63. The van der Waals surface area contributed by atoms with Crippen LogP contribution in [0.1, 0.15) is 0 Å². The van der Waals surface area contributed by atoms with Gasteiger partial charge in [-0.15, -0.1) is 0 Å². The highest BCUT2D eigenvalue weighted by atomic mass is 16.3. The van der Waals surface area contributed by atoms with Crippen molar-refractivity contribution in [2.24, 2.45) is 0 Å². The summed E-state index contributed by atoms with van der Waals surface area (Å²) in [6.07, 6.45) is 0. The van der Waals surface area contributed by atoms with Gasteiger partial charge in [0.25, 0.3) is 0 Å². The van der Waals surface area contributed by atoms with E-state index in [-0.39, 0.29) is 0 Å². The summed E-state index contributed by atoms with van der Waals surface area (Å²) in [6, 6.07) is 66.5. The van der Waals surface area contributed by atoms with E-state index in [9.17, 15) is 0 Å². The molecular formula is C52H30N2O. The first-order valence-corrected chi connectivity index (χ1v) is 18.9. The second-order valence-corrected chi connectivity index (χ2v) is 14.8. The third kappa shape index (κ3) is 3.84. The number of hydrogen-bond donors (Lipinski definition) is 0. The van der Waals surface area contributed by atoms with Crippen LogP contribution < -0.4 is 0 Å². The molecular weight excluding hydrogens is 669 g/mol. The Labute approximate surface area is 315 Å². The van der Waals surface area contributed by atoms with Crippen LogP contribution in [-0.4, -0.2) is 9.13 Å². The van der Waals surface area contributed by atoms with Crippen molar-refractivity contribution < 1.29 is 4.42 Å². The molecule has 0 atom stereocenters.